The Kier molecular flexibility index (Phi) is 5.54. The van der Waals surface area contributed by atoms with Crippen LogP contribution in [0.1, 0.15) is 31.2 Å². The number of nitrogens with zero attached hydrogens (tertiary/aromatic N) is 3. The molecule has 1 saturated heterocycles. The van der Waals surface area contributed by atoms with Gasteiger partial charge in [0, 0.05) is 35.9 Å². The van der Waals surface area contributed by atoms with E-state index < -0.39 is 0 Å². The Balaban J connectivity index is 1.71. The largest absolute Gasteiger partial charge is 0.439 e. The van der Waals surface area contributed by atoms with Gasteiger partial charge in [-0.05, 0) is 43.2 Å². The van der Waals surface area contributed by atoms with Crippen LogP contribution in [0.4, 0.5) is 0 Å². The number of hydrogen-bond acceptors (Lipinski definition) is 4. The third-order valence-corrected chi connectivity index (χ3v) is 4.28. The number of halogens is 1. The zero-order valence-corrected chi connectivity index (χ0v) is 14.1. The van der Waals surface area contributed by atoms with Crippen LogP contribution in [0, 0.1) is 0 Å². The number of pyridine rings is 1. The van der Waals surface area contributed by atoms with E-state index in [1.54, 1.807) is 36.5 Å². The second kappa shape index (κ2) is 8.02. The van der Waals surface area contributed by atoms with Gasteiger partial charge in [-0.15, -0.1) is 0 Å². The van der Waals surface area contributed by atoms with Crippen molar-refractivity contribution in [3.05, 3.63) is 53.2 Å². The van der Waals surface area contributed by atoms with E-state index in [-0.39, 0.29) is 0 Å². The maximum Gasteiger partial charge on any atom is 0.219 e. The third kappa shape index (κ3) is 4.17. The zero-order valence-electron chi connectivity index (χ0n) is 13.4. The molecule has 0 amide bonds. The number of oxime groups is 1. The van der Waals surface area contributed by atoms with Crippen molar-refractivity contribution in [2.45, 2.75) is 25.7 Å². The van der Waals surface area contributed by atoms with Crippen LogP contribution in [0.3, 0.4) is 0 Å². The van der Waals surface area contributed by atoms with Crippen LogP contribution < -0.4 is 4.74 Å². The summed E-state index contributed by atoms with van der Waals surface area (Å²) in [4.78, 5) is 6.42. The first kappa shape index (κ1) is 16.6. The van der Waals surface area contributed by atoms with Crippen molar-refractivity contribution in [2.75, 3.05) is 13.1 Å². The lowest BCUT2D eigenvalue weighted by molar-refractivity contribution is 0.301. The van der Waals surface area contributed by atoms with Gasteiger partial charge in [0.15, 0.2) is 5.84 Å². The number of hydrogen-bond donors (Lipinski definition) is 1. The van der Waals surface area contributed by atoms with Crippen LogP contribution in [0.5, 0.6) is 11.6 Å². The van der Waals surface area contributed by atoms with Crippen LogP contribution in [0.15, 0.2) is 47.8 Å². The first-order valence-electron chi connectivity index (χ1n) is 8.13. The summed E-state index contributed by atoms with van der Waals surface area (Å²) in [5.74, 6) is 1.72. The van der Waals surface area contributed by atoms with Crippen molar-refractivity contribution < 1.29 is 9.94 Å². The number of ether oxygens (including phenoxy) is 1. The molecule has 1 N–H and O–H groups in total. The Morgan fingerprint density at radius 1 is 1.04 bits per heavy atom. The molecule has 1 aromatic carbocycles. The van der Waals surface area contributed by atoms with Gasteiger partial charge in [0.1, 0.15) is 5.75 Å². The van der Waals surface area contributed by atoms with Crippen LogP contribution in [-0.4, -0.2) is 34.0 Å². The lowest BCUT2D eigenvalue weighted by Crippen LogP contribution is -2.32. The van der Waals surface area contributed by atoms with Crippen molar-refractivity contribution >= 4 is 17.4 Å². The van der Waals surface area contributed by atoms with Crippen molar-refractivity contribution in [3.8, 4) is 11.6 Å². The fourth-order valence-electron chi connectivity index (χ4n) is 2.78. The maximum atomic E-state index is 9.43. The molecule has 2 aromatic rings. The molecule has 0 unspecified atom stereocenters. The van der Waals surface area contributed by atoms with Gasteiger partial charge < -0.3 is 14.8 Å². The second-order valence-corrected chi connectivity index (χ2v) is 6.20. The van der Waals surface area contributed by atoms with Gasteiger partial charge >= 0.3 is 0 Å². The first-order chi connectivity index (χ1) is 11.8. The SMILES string of the molecule is O/N=C(/c1ccc(Oc2ccc(Cl)cc2)nc1)N1CCCCCC1. The van der Waals surface area contributed by atoms with Crippen molar-refractivity contribution in [3.63, 3.8) is 0 Å². The summed E-state index contributed by atoms with van der Waals surface area (Å²) in [6.07, 6.45) is 6.35. The molecule has 24 heavy (non-hydrogen) atoms. The smallest absolute Gasteiger partial charge is 0.219 e. The summed E-state index contributed by atoms with van der Waals surface area (Å²) >= 11 is 5.86. The van der Waals surface area contributed by atoms with E-state index in [2.05, 4.69) is 15.0 Å². The number of aromatic nitrogens is 1. The van der Waals surface area contributed by atoms with Gasteiger partial charge in [0.05, 0.1) is 0 Å². The van der Waals surface area contributed by atoms with Gasteiger partial charge in [0.25, 0.3) is 0 Å². The molecule has 1 fully saturated rings. The zero-order chi connectivity index (χ0) is 16.8. The average molecular weight is 346 g/mol. The minimum atomic E-state index is 0.481. The van der Waals surface area contributed by atoms with E-state index in [1.165, 1.54) is 12.8 Å². The highest BCUT2D eigenvalue weighted by Gasteiger charge is 2.16. The number of likely N-dealkylation sites (tertiary alicyclic amines) is 1. The van der Waals surface area contributed by atoms with Crippen molar-refractivity contribution in [2.24, 2.45) is 5.16 Å². The molecule has 6 heteroatoms. The molecule has 3 rings (SSSR count). The quantitative estimate of drug-likeness (QED) is 0.384. The Hall–Kier alpha value is -2.27. The lowest BCUT2D eigenvalue weighted by Gasteiger charge is -2.23. The molecular formula is C18H20ClN3O2. The summed E-state index contributed by atoms with van der Waals surface area (Å²) in [5.41, 5.74) is 0.780. The highest BCUT2D eigenvalue weighted by Crippen LogP contribution is 2.22. The van der Waals surface area contributed by atoms with E-state index in [4.69, 9.17) is 16.3 Å². The summed E-state index contributed by atoms with van der Waals surface area (Å²) in [7, 11) is 0. The van der Waals surface area contributed by atoms with Gasteiger partial charge in [0.2, 0.25) is 5.88 Å². The summed E-state index contributed by atoms with van der Waals surface area (Å²) < 4.78 is 5.68. The van der Waals surface area contributed by atoms with Gasteiger partial charge in [-0.2, -0.15) is 0 Å². The third-order valence-electron chi connectivity index (χ3n) is 4.03. The molecule has 1 aromatic heterocycles. The summed E-state index contributed by atoms with van der Waals surface area (Å²) in [6.45, 7) is 1.81. The topological polar surface area (TPSA) is 58.0 Å². The van der Waals surface area contributed by atoms with Crippen LogP contribution in [0.2, 0.25) is 5.02 Å². The van der Waals surface area contributed by atoms with Gasteiger partial charge in [-0.1, -0.05) is 29.6 Å². The van der Waals surface area contributed by atoms with Gasteiger partial charge in [-0.25, -0.2) is 4.98 Å². The van der Waals surface area contributed by atoms with Crippen LogP contribution >= 0.6 is 11.6 Å². The lowest BCUT2D eigenvalue weighted by atomic mass is 10.2. The number of amidine groups is 1. The van der Waals surface area contributed by atoms with E-state index in [1.807, 2.05) is 6.07 Å². The fraction of sp³-hybridized carbons (Fsp3) is 0.333. The van der Waals surface area contributed by atoms with Crippen LogP contribution in [0.25, 0.3) is 0 Å². The van der Waals surface area contributed by atoms with E-state index >= 15 is 0 Å². The molecule has 0 bridgehead atoms. The highest BCUT2D eigenvalue weighted by molar-refractivity contribution is 6.30. The second-order valence-electron chi connectivity index (χ2n) is 5.77. The van der Waals surface area contributed by atoms with Crippen molar-refractivity contribution in [1.82, 2.24) is 9.88 Å². The molecule has 0 atom stereocenters. The van der Waals surface area contributed by atoms with Crippen LogP contribution in [-0.2, 0) is 0 Å². The molecule has 5 nitrogen and oxygen atoms in total. The highest BCUT2D eigenvalue weighted by atomic mass is 35.5. The predicted octanol–water partition coefficient (Wildman–Crippen LogP) is 4.54. The molecule has 0 spiro atoms. The molecular weight excluding hydrogens is 326 g/mol. The first-order valence-corrected chi connectivity index (χ1v) is 8.51. The van der Waals surface area contributed by atoms with E-state index in [0.29, 0.717) is 22.5 Å². The minimum Gasteiger partial charge on any atom is -0.439 e. The number of rotatable bonds is 3. The molecule has 0 saturated carbocycles. The molecule has 2 heterocycles. The Bertz CT molecular complexity index is 678. The minimum absolute atomic E-state index is 0.481. The monoisotopic (exact) mass is 345 g/mol. The standard InChI is InChI=1S/C18H20ClN3O2/c19-15-6-8-16(9-7-15)24-17-10-5-14(13-20-17)18(21-23)22-11-3-1-2-4-12-22/h5-10,13,23H,1-4,11-12H2/b21-18-. The maximum absolute atomic E-state index is 9.43. The molecule has 126 valence electrons. The average Bonchev–Trinajstić information content (AvgIpc) is 2.89. The van der Waals surface area contributed by atoms with E-state index in [9.17, 15) is 5.21 Å². The molecule has 1 aliphatic heterocycles. The summed E-state index contributed by atoms with van der Waals surface area (Å²) in [5, 5.41) is 13.6. The molecule has 0 radical (unpaired) electrons. The Labute approximate surface area is 146 Å². The normalized spacial score (nSPS) is 15.9. The Morgan fingerprint density at radius 2 is 1.75 bits per heavy atom. The number of benzene rings is 1. The molecule has 0 aliphatic carbocycles. The van der Waals surface area contributed by atoms with Crippen molar-refractivity contribution in [1.29, 1.82) is 0 Å². The predicted molar refractivity (Wildman–Crippen MR) is 94.1 cm³/mol. The van der Waals surface area contributed by atoms with E-state index in [0.717, 1.165) is 31.5 Å². The summed E-state index contributed by atoms with van der Waals surface area (Å²) in [6, 6.07) is 10.7. The Morgan fingerprint density at radius 3 is 2.33 bits per heavy atom. The van der Waals surface area contributed by atoms with Gasteiger partial charge in [-0.3, -0.25) is 0 Å². The molecule has 1 aliphatic rings. The fourth-order valence-corrected chi connectivity index (χ4v) is 2.91.